The van der Waals surface area contributed by atoms with Gasteiger partial charge in [0.1, 0.15) is 23.4 Å². The van der Waals surface area contributed by atoms with Crippen LogP contribution in [0.4, 0.5) is 8.78 Å². The molecule has 0 aliphatic carbocycles. The summed E-state index contributed by atoms with van der Waals surface area (Å²) in [5, 5.41) is 3.05. The molecule has 3 atom stereocenters. The third-order valence-corrected chi connectivity index (χ3v) is 8.23. The lowest BCUT2D eigenvalue weighted by Gasteiger charge is -2.24. The molecular weight excluding hydrogens is 534 g/mol. The van der Waals surface area contributed by atoms with E-state index in [9.17, 15) is 18.4 Å². The van der Waals surface area contributed by atoms with Crippen molar-refractivity contribution >= 4 is 31.0 Å². The smallest absolute Gasteiger partial charge is 0.387 e. The number of para-hydroxylation sites is 2. The van der Waals surface area contributed by atoms with E-state index in [-0.39, 0.29) is 40.4 Å². The van der Waals surface area contributed by atoms with Crippen LogP contribution in [0.25, 0.3) is 22.3 Å². The lowest BCUT2D eigenvalue weighted by atomic mass is 9.90. The predicted octanol–water partition coefficient (Wildman–Crippen LogP) is 5.90. The topological polar surface area (TPSA) is 95.3 Å². The van der Waals surface area contributed by atoms with Gasteiger partial charge < -0.3 is 19.0 Å². The fourth-order valence-corrected chi connectivity index (χ4v) is 6.95. The summed E-state index contributed by atoms with van der Waals surface area (Å²) in [7, 11) is -2.02. The molecule has 0 saturated heterocycles. The minimum absolute atomic E-state index is 0.124. The predicted molar refractivity (Wildman–Crippen MR) is 147 cm³/mol. The molecule has 1 unspecified atom stereocenters. The number of rotatable bonds is 7. The number of imidazole rings is 1. The SMILES string of the molecule is CC(O[Si](C)(C)C)C(=O)c1cccc(-c2c(OC(F)F)ccc3c2[C@H]2C[C@@H](NC3=O)c3nc4ccccc4n32)n1. The first-order valence-corrected chi connectivity index (χ1v) is 16.5. The summed E-state index contributed by atoms with van der Waals surface area (Å²) >= 11 is 0. The Morgan fingerprint density at radius 3 is 2.60 bits per heavy atom. The summed E-state index contributed by atoms with van der Waals surface area (Å²) in [5.41, 5.74) is 3.12. The molecule has 2 aliphatic rings. The molecule has 2 aliphatic heterocycles. The number of fused-ring (bicyclic) bond motifs is 9. The average molecular weight is 563 g/mol. The Balaban J connectivity index is 1.56. The third-order valence-electron chi connectivity index (χ3n) is 7.17. The highest BCUT2D eigenvalue weighted by atomic mass is 28.4. The molecule has 2 bridgehead atoms. The van der Waals surface area contributed by atoms with Gasteiger partial charge in [-0.15, -0.1) is 0 Å². The molecule has 4 aromatic rings. The summed E-state index contributed by atoms with van der Waals surface area (Å²) in [4.78, 5) is 36.1. The summed E-state index contributed by atoms with van der Waals surface area (Å²) in [6, 6.07) is 14.6. The molecule has 6 rings (SSSR count). The van der Waals surface area contributed by atoms with Crippen molar-refractivity contribution < 1.29 is 27.5 Å². The fourth-order valence-electron chi connectivity index (χ4n) is 5.78. The Morgan fingerprint density at radius 2 is 1.85 bits per heavy atom. The number of ketones is 1. The first kappa shape index (κ1) is 26.3. The van der Waals surface area contributed by atoms with Gasteiger partial charge in [0.25, 0.3) is 5.91 Å². The van der Waals surface area contributed by atoms with E-state index in [2.05, 4.69) is 10.3 Å². The lowest BCUT2D eigenvalue weighted by molar-refractivity contribution is -0.0495. The van der Waals surface area contributed by atoms with Gasteiger partial charge >= 0.3 is 6.61 Å². The Hall–Kier alpha value is -3.96. The van der Waals surface area contributed by atoms with Crippen LogP contribution in [-0.4, -0.2) is 47.3 Å². The van der Waals surface area contributed by atoms with Crippen LogP contribution in [0.2, 0.25) is 19.6 Å². The van der Waals surface area contributed by atoms with Crippen molar-refractivity contribution in [1.82, 2.24) is 19.9 Å². The Labute approximate surface area is 230 Å². The van der Waals surface area contributed by atoms with E-state index < -0.39 is 27.1 Å². The highest BCUT2D eigenvalue weighted by molar-refractivity contribution is 6.69. The minimum Gasteiger partial charge on any atom is -0.434 e. The zero-order chi connectivity index (χ0) is 28.3. The quantitative estimate of drug-likeness (QED) is 0.223. The number of hydrogen-bond acceptors (Lipinski definition) is 6. The Morgan fingerprint density at radius 1 is 1.07 bits per heavy atom. The van der Waals surface area contributed by atoms with Crippen molar-refractivity contribution in [3.8, 4) is 17.0 Å². The molecular formula is C29H28F2N4O4Si. The van der Waals surface area contributed by atoms with Crippen LogP contribution in [0.3, 0.4) is 0 Å². The number of aromatic nitrogens is 3. The summed E-state index contributed by atoms with van der Waals surface area (Å²) in [6.07, 6.45) is -0.239. The molecule has 206 valence electrons. The van der Waals surface area contributed by atoms with Crippen molar-refractivity contribution in [2.75, 3.05) is 0 Å². The van der Waals surface area contributed by atoms with Gasteiger partial charge in [-0.2, -0.15) is 8.78 Å². The van der Waals surface area contributed by atoms with Crippen molar-refractivity contribution in [2.45, 2.75) is 57.8 Å². The largest absolute Gasteiger partial charge is 0.434 e. The number of ether oxygens (including phenoxy) is 1. The van der Waals surface area contributed by atoms with Gasteiger partial charge in [-0.3, -0.25) is 9.59 Å². The van der Waals surface area contributed by atoms with Crippen LogP contribution in [0.15, 0.2) is 54.6 Å². The Bertz CT molecular complexity index is 1670. The molecule has 0 saturated carbocycles. The number of nitrogens with one attached hydrogen (secondary N) is 1. The van der Waals surface area contributed by atoms with Gasteiger partial charge in [0.2, 0.25) is 5.78 Å². The van der Waals surface area contributed by atoms with Gasteiger partial charge in [-0.1, -0.05) is 18.2 Å². The van der Waals surface area contributed by atoms with Gasteiger partial charge in [0.15, 0.2) is 8.32 Å². The summed E-state index contributed by atoms with van der Waals surface area (Å²) in [5.74, 6) is -0.0777. The van der Waals surface area contributed by atoms with Gasteiger partial charge in [-0.05, 0) is 69.4 Å². The molecule has 2 aromatic carbocycles. The first-order valence-electron chi connectivity index (χ1n) is 13.1. The number of amides is 1. The van der Waals surface area contributed by atoms with Gasteiger partial charge in [-0.25, -0.2) is 9.97 Å². The number of hydrogen-bond donors (Lipinski definition) is 1. The third kappa shape index (κ3) is 4.48. The summed E-state index contributed by atoms with van der Waals surface area (Å²) < 4.78 is 40.3. The van der Waals surface area contributed by atoms with E-state index in [0.717, 1.165) is 11.0 Å². The summed E-state index contributed by atoms with van der Waals surface area (Å²) in [6.45, 7) is 4.54. The number of benzene rings is 2. The molecule has 4 heterocycles. The van der Waals surface area contributed by atoms with E-state index >= 15 is 0 Å². The second-order valence-corrected chi connectivity index (χ2v) is 15.5. The fraction of sp³-hybridized carbons (Fsp3) is 0.310. The van der Waals surface area contributed by atoms with Crippen molar-refractivity contribution in [2.24, 2.45) is 0 Å². The van der Waals surface area contributed by atoms with Gasteiger partial charge in [0, 0.05) is 16.7 Å². The van der Waals surface area contributed by atoms with Crippen LogP contribution in [-0.2, 0) is 4.43 Å². The molecule has 11 heteroatoms. The van der Waals surface area contributed by atoms with Crippen LogP contribution >= 0.6 is 0 Å². The number of Topliss-reactive ketones (excluding diaryl/α,β-unsaturated/α-hetero) is 1. The molecule has 0 fully saturated rings. The van der Waals surface area contributed by atoms with Crippen LogP contribution in [0.1, 0.15) is 57.7 Å². The minimum atomic E-state index is -3.10. The number of halogens is 2. The van der Waals surface area contributed by atoms with E-state index in [1.807, 2.05) is 48.5 Å². The van der Waals surface area contributed by atoms with E-state index in [1.165, 1.54) is 12.1 Å². The molecule has 40 heavy (non-hydrogen) atoms. The van der Waals surface area contributed by atoms with E-state index in [4.69, 9.17) is 14.1 Å². The van der Waals surface area contributed by atoms with Crippen LogP contribution in [0.5, 0.6) is 5.75 Å². The zero-order valence-electron chi connectivity index (χ0n) is 22.4. The molecule has 1 amide bonds. The maximum Gasteiger partial charge on any atom is 0.387 e. The van der Waals surface area contributed by atoms with Crippen molar-refractivity contribution in [3.05, 3.63) is 77.2 Å². The Kier molecular flexibility index (Phi) is 6.30. The number of pyridine rings is 1. The average Bonchev–Trinajstić information content (AvgIpc) is 3.39. The molecule has 8 nitrogen and oxygen atoms in total. The maximum absolute atomic E-state index is 13.7. The van der Waals surface area contributed by atoms with Gasteiger partial charge in [0.05, 0.1) is 28.8 Å². The monoisotopic (exact) mass is 562 g/mol. The van der Waals surface area contributed by atoms with Crippen LogP contribution < -0.4 is 10.1 Å². The second kappa shape index (κ2) is 9.60. The molecule has 0 radical (unpaired) electrons. The zero-order valence-corrected chi connectivity index (χ0v) is 23.4. The number of carbonyl (C=O) groups is 2. The number of carbonyl (C=O) groups excluding carboxylic acids is 2. The second-order valence-electron chi connectivity index (χ2n) is 11.0. The maximum atomic E-state index is 13.7. The van der Waals surface area contributed by atoms with E-state index in [1.54, 1.807) is 25.1 Å². The molecule has 2 aromatic heterocycles. The van der Waals surface area contributed by atoms with Crippen molar-refractivity contribution in [1.29, 1.82) is 0 Å². The highest BCUT2D eigenvalue weighted by Crippen LogP contribution is 2.49. The first-order chi connectivity index (χ1) is 19.0. The number of alkyl halides is 2. The standard InChI is InChI=1S/C29H28F2N4O4Si/c1-15(39-40(2,3)4)26(36)19-10-7-9-18(32-19)25-23(38-29(30)31)13-12-16-24(25)22-14-20(34-28(16)37)27-33-17-8-5-6-11-21(17)35(22)27/h5-13,15,20,22,29H,14H2,1-4H3,(H,34,37)/t15?,20-,22-/m1/s1. The highest BCUT2D eigenvalue weighted by Gasteiger charge is 2.43. The molecule has 1 N–H and O–H groups in total. The normalized spacial score (nSPS) is 18.7. The van der Waals surface area contributed by atoms with Crippen LogP contribution in [0, 0.1) is 0 Å². The van der Waals surface area contributed by atoms with Crippen molar-refractivity contribution in [3.63, 3.8) is 0 Å². The van der Waals surface area contributed by atoms with E-state index in [0.29, 0.717) is 23.4 Å². The lowest BCUT2D eigenvalue weighted by Crippen LogP contribution is -2.35. The number of nitrogens with zero attached hydrogens (tertiary/aromatic N) is 3. The molecule has 0 spiro atoms.